The number of hydrogen-bond acceptors (Lipinski definition) is 4. The lowest BCUT2D eigenvalue weighted by molar-refractivity contribution is -0.131. The Morgan fingerprint density at radius 3 is 2.61 bits per heavy atom. The van der Waals surface area contributed by atoms with Gasteiger partial charge in [0, 0.05) is 6.08 Å². The number of halogens is 1. The SMILES string of the molecule is CC(Oc1ccc(F)cc1)C(=O)NNC(=O)C=Cc1ccco1. The molecule has 1 atom stereocenters. The largest absolute Gasteiger partial charge is 0.481 e. The topological polar surface area (TPSA) is 80.6 Å². The fourth-order valence-electron chi connectivity index (χ4n) is 1.58. The number of hydrogen-bond donors (Lipinski definition) is 2. The van der Waals surface area contributed by atoms with Crippen molar-refractivity contribution in [3.8, 4) is 5.75 Å². The minimum absolute atomic E-state index is 0.345. The minimum Gasteiger partial charge on any atom is -0.481 e. The van der Waals surface area contributed by atoms with Gasteiger partial charge in [-0.1, -0.05) is 0 Å². The Labute approximate surface area is 131 Å². The molecule has 6 nitrogen and oxygen atoms in total. The molecule has 0 bridgehead atoms. The number of amides is 2. The first kappa shape index (κ1) is 16.3. The van der Waals surface area contributed by atoms with Crippen LogP contribution < -0.4 is 15.6 Å². The molecular formula is C16H15FN2O4. The van der Waals surface area contributed by atoms with Gasteiger partial charge in [0.25, 0.3) is 11.8 Å². The number of carbonyl (C=O) groups is 2. The summed E-state index contributed by atoms with van der Waals surface area (Å²) in [6.07, 6.45) is 3.29. The second-order valence-electron chi connectivity index (χ2n) is 4.54. The fourth-order valence-corrected chi connectivity index (χ4v) is 1.58. The molecule has 7 heteroatoms. The van der Waals surface area contributed by atoms with Crippen LogP contribution in [0.3, 0.4) is 0 Å². The van der Waals surface area contributed by atoms with Crippen LogP contribution in [0.15, 0.2) is 53.2 Å². The Bertz CT molecular complexity index is 681. The second kappa shape index (κ2) is 7.79. The molecule has 0 aliphatic carbocycles. The van der Waals surface area contributed by atoms with Crippen LogP contribution in [0.2, 0.25) is 0 Å². The number of furan rings is 1. The molecule has 1 heterocycles. The van der Waals surface area contributed by atoms with Crippen LogP contribution in [0.5, 0.6) is 5.75 Å². The number of benzene rings is 1. The van der Waals surface area contributed by atoms with Crippen molar-refractivity contribution in [1.82, 2.24) is 10.9 Å². The Hall–Kier alpha value is -3.09. The molecule has 1 aromatic carbocycles. The molecule has 2 amide bonds. The van der Waals surface area contributed by atoms with Gasteiger partial charge in [-0.15, -0.1) is 0 Å². The van der Waals surface area contributed by atoms with E-state index >= 15 is 0 Å². The third-order valence-corrected chi connectivity index (χ3v) is 2.75. The molecule has 23 heavy (non-hydrogen) atoms. The van der Waals surface area contributed by atoms with Gasteiger partial charge >= 0.3 is 0 Å². The summed E-state index contributed by atoms with van der Waals surface area (Å²) in [4.78, 5) is 23.3. The molecule has 2 rings (SSSR count). The Balaban J connectivity index is 1.77. The summed E-state index contributed by atoms with van der Waals surface area (Å²) in [6.45, 7) is 1.50. The van der Waals surface area contributed by atoms with Crippen molar-refractivity contribution in [1.29, 1.82) is 0 Å². The first-order valence-corrected chi connectivity index (χ1v) is 6.78. The molecule has 2 N–H and O–H groups in total. The summed E-state index contributed by atoms with van der Waals surface area (Å²) in [7, 11) is 0. The quantitative estimate of drug-likeness (QED) is 0.653. The van der Waals surface area contributed by atoms with Crippen molar-refractivity contribution in [3.63, 3.8) is 0 Å². The van der Waals surface area contributed by atoms with E-state index in [9.17, 15) is 14.0 Å². The molecule has 0 aliphatic heterocycles. The van der Waals surface area contributed by atoms with Gasteiger partial charge in [-0.2, -0.15) is 0 Å². The first-order chi connectivity index (χ1) is 11.0. The summed E-state index contributed by atoms with van der Waals surface area (Å²) in [6, 6.07) is 8.63. The molecule has 0 saturated heterocycles. The van der Waals surface area contributed by atoms with E-state index < -0.39 is 23.7 Å². The highest BCUT2D eigenvalue weighted by Gasteiger charge is 2.14. The standard InChI is InChI=1S/C16H15FN2O4/c1-11(23-14-6-4-12(17)5-7-14)16(21)19-18-15(20)9-8-13-3-2-10-22-13/h2-11H,1H3,(H,18,20)(H,19,21). The number of carbonyl (C=O) groups excluding carboxylic acids is 2. The highest BCUT2D eigenvalue weighted by molar-refractivity contribution is 5.93. The van der Waals surface area contributed by atoms with Crippen molar-refractivity contribution in [3.05, 3.63) is 60.3 Å². The van der Waals surface area contributed by atoms with E-state index in [1.165, 1.54) is 49.6 Å². The molecule has 1 aromatic heterocycles. The molecule has 0 saturated carbocycles. The predicted molar refractivity (Wildman–Crippen MR) is 80.5 cm³/mol. The lowest BCUT2D eigenvalue weighted by atomic mass is 10.3. The average Bonchev–Trinajstić information content (AvgIpc) is 3.06. The molecular weight excluding hydrogens is 303 g/mol. The molecule has 0 fully saturated rings. The van der Waals surface area contributed by atoms with Crippen LogP contribution in [-0.4, -0.2) is 17.9 Å². The molecule has 0 spiro atoms. The molecule has 2 aromatic rings. The zero-order chi connectivity index (χ0) is 16.7. The zero-order valence-corrected chi connectivity index (χ0v) is 12.3. The number of rotatable bonds is 5. The van der Waals surface area contributed by atoms with Gasteiger partial charge < -0.3 is 9.15 Å². The Morgan fingerprint density at radius 1 is 1.22 bits per heavy atom. The maximum Gasteiger partial charge on any atom is 0.279 e. The zero-order valence-electron chi connectivity index (χ0n) is 12.3. The summed E-state index contributed by atoms with van der Waals surface area (Å²) in [5, 5.41) is 0. The van der Waals surface area contributed by atoms with Crippen LogP contribution in [0, 0.1) is 5.82 Å². The van der Waals surface area contributed by atoms with Crippen LogP contribution in [0.1, 0.15) is 12.7 Å². The van der Waals surface area contributed by atoms with Crippen molar-refractivity contribution in [2.45, 2.75) is 13.0 Å². The maximum absolute atomic E-state index is 12.8. The third-order valence-electron chi connectivity index (χ3n) is 2.75. The van der Waals surface area contributed by atoms with Gasteiger partial charge in [0.2, 0.25) is 0 Å². The van der Waals surface area contributed by atoms with Gasteiger partial charge in [-0.3, -0.25) is 20.4 Å². The van der Waals surface area contributed by atoms with Crippen LogP contribution >= 0.6 is 0 Å². The summed E-state index contributed by atoms with van der Waals surface area (Å²) >= 11 is 0. The highest BCUT2D eigenvalue weighted by Crippen LogP contribution is 2.12. The lowest BCUT2D eigenvalue weighted by Gasteiger charge is -2.14. The monoisotopic (exact) mass is 318 g/mol. The molecule has 1 unspecified atom stereocenters. The summed E-state index contributed by atoms with van der Waals surface area (Å²) < 4.78 is 23.1. The normalized spacial score (nSPS) is 11.9. The van der Waals surface area contributed by atoms with Gasteiger partial charge in [0.05, 0.1) is 6.26 Å². The van der Waals surface area contributed by atoms with E-state index in [-0.39, 0.29) is 0 Å². The third kappa shape index (κ3) is 5.31. The first-order valence-electron chi connectivity index (χ1n) is 6.78. The predicted octanol–water partition coefficient (Wildman–Crippen LogP) is 2.05. The van der Waals surface area contributed by atoms with Gasteiger partial charge in [0.15, 0.2) is 6.10 Å². The number of nitrogens with one attached hydrogen (secondary N) is 2. The minimum atomic E-state index is -0.866. The van der Waals surface area contributed by atoms with E-state index in [0.717, 1.165) is 0 Å². The average molecular weight is 318 g/mol. The van der Waals surface area contributed by atoms with Crippen molar-refractivity contribution >= 4 is 17.9 Å². The van der Waals surface area contributed by atoms with Crippen molar-refractivity contribution in [2.24, 2.45) is 0 Å². The fraction of sp³-hybridized carbons (Fsp3) is 0.125. The second-order valence-corrected chi connectivity index (χ2v) is 4.54. The molecule has 120 valence electrons. The van der Waals surface area contributed by atoms with Gasteiger partial charge in [0.1, 0.15) is 17.3 Å². The van der Waals surface area contributed by atoms with E-state index in [4.69, 9.17) is 9.15 Å². The Kier molecular flexibility index (Phi) is 5.51. The molecule has 0 radical (unpaired) electrons. The van der Waals surface area contributed by atoms with Crippen LogP contribution in [-0.2, 0) is 9.59 Å². The van der Waals surface area contributed by atoms with Crippen LogP contribution in [0.4, 0.5) is 4.39 Å². The highest BCUT2D eigenvalue weighted by atomic mass is 19.1. The van der Waals surface area contributed by atoms with E-state index in [1.807, 2.05) is 0 Å². The van der Waals surface area contributed by atoms with Gasteiger partial charge in [-0.05, 0) is 49.4 Å². The smallest absolute Gasteiger partial charge is 0.279 e. The van der Waals surface area contributed by atoms with Gasteiger partial charge in [-0.25, -0.2) is 4.39 Å². The van der Waals surface area contributed by atoms with E-state index in [0.29, 0.717) is 11.5 Å². The number of ether oxygens (including phenoxy) is 1. The van der Waals surface area contributed by atoms with E-state index in [1.54, 1.807) is 12.1 Å². The number of hydrazine groups is 1. The molecule has 0 aliphatic rings. The summed E-state index contributed by atoms with van der Waals surface area (Å²) in [5.74, 6) is -0.611. The van der Waals surface area contributed by atoms with E-state index in [2.05, 4.69) is 10.9 Å². The van der Waals surface area contributed by atoms with Crippen molar-refractivity contribution in [2.75, 3.05) is 0 Å². The maximum atomic E-state index is 12.8. The Morgan fingerprint density at radius 2 is 1.96 bits per heavy atom. The van der Waals surface area contributed by atoms with Crippen molar-refractivity contribution < 1.29 is 23.1 Å². The summed E-state index contributed by atoms with van der Waals surface area (Å²) in [5.41, 5.74) is 4.44. The van der Waals surface area contributed by atoms with Crippen LogP contribution in [0.25, 0.3) is 6.08 Å². The lowest BCUT2D eigenvalue weighted by Crippen LogP contribution is -2.46.